The maximum absolute atomic E-state index is 12.0. The van der Waals surface area contributed by atoms with Gasteiger partial charge in [-0.25, -0.2) is 0 Å². The lowest BCUT2D eigenvalue weighted by atomic mass is 10.0. The molecule has 5 nitrogen and oxygen atoms in total. The molecular formula is C15H20N2O3. The first-order valence-corrected chi connectivity index (χ1v) is 6.79. The first-order chi connectivity index (χ1) is 9.66. The molecule has 1 aromatic carbocycles. The Labute approximate surface area is 119 Å². The highest BCUT2D eigenvalue weighted by Crippen LogP contribution is 2.32. The van der Waals surface area contributed by atoms with Crippen LogP contribution in [0, 0.1) is 0 Å². The van der Waals surface area contributed by atoms with E-state index in [-0.39, 0.29) is 12.6 Å². The Kier molecular flexibility index (Phi) is 4.98. The van der Waals surface area contributed by atoms with Crippen LogP contribution in [0.1, 0.15) is 36.0 Å². The van der Waals surface area contributed by atoms with E-state index in [9.17, 15) is 4.79 Å². The van der Waals surface area contributed by atoms with Crippen LogP contribution in [0.3, 0.4) is 0 Å². The van der Waals surface area contributed by atoms with Crippen LogP contribution in [-0.4, -0.2) is 37.9 Å². The predicted molar refractivity (Wildman–Crippen MR) is 77.5 cm³/mol. The fraction of sp³-hybridized carbons (Fsp3) is 0.467. The van der Waals surface area contributed by atoms with Crippen molar-refractivity contribution in [3.8, 4) is 11.5 Å². The number of fused-ring (bicyclic) bond motifs is 1. The molecule has 0 bridgehead atoms. The van der Waals surface area contributed by atoms with E-state index in [4.69, 9.17) is 9.47 Å². The zero-order valence-corrected chi connectivity index (χ0v) is 12.0. The van der Waals surface area contributed by atoms with Crippen LogP contribution >= 0.6 is 0 Å². The average Bonchev–Trinajstić information content (AvgIpc) is 2.89. The summed E-state index contributed by atoms with van der Waals surface area (Å²) in [5, 5.41) is 5.89. The Bertz CT molecular complexity index is 498. The van der Waals surface area contributed by atoms with Crippen LogP contribution < -0.4 is 9.47 Å². The number of hydrazone groups is 1. The summed E-state index contributed by atoms with van der Waals surface area (Å²) < 4.78 is 10.5. The first kappa shape index (κ1) is 14.4. The monoisotopic (exact) mass is 276 g/mol. The molecular weight excluding hydrogens is 256 g/mol. The van der Waals surface area contributed by atoms with Gasteiger partial charge in [0.15, 0.2) is 17.3 Å². The van der Waals surface area contributed by atoms with E-state index in [0.29, 0.717) is 23.5 Å². The summed E-state index contributed by atoms with van der Waals surface area (Å²) in [4.78, 5) is 12.0. The summed E-state index contributed by atoms with van der Waals surface area (Å²) in [5.74, 6) is 1.52. The van der Waals surface area contributed by atoms with E-state index in [2.05, 4.69) is 5.10 Å². The summed E-state index contributed by atoms with van der Waals surface area (Å²) in [6.45, 7) is 0.234. The van der Waals surface area contributed by atoms with Crippen LogP contribution in [-0.2, 0) is 0 Å². The van der Waals surface area contributed by atoms with Gasteiger partial charge in [-0.3, -0.25) is 4.79 Å². The third-order valence-electron chi connectivity index (χ3n) is 2.99. The molecule has 1 aliphatic heterocycles. The van der Waals surface area contributed by atoms with E-state index in [1.165, 1.54) is 0 Å². The molecule has 0 N–H and O–H groups in total. The van der Waals surface area contributed by atoms with Gasteiger partial charge >= 0.3 is 0 Å². The molecule has 0 unspecified atom stereocenters. The summed E-state index contributed by atoms with van der Waals surface area (Å²) in [5.41, 5.74) is 0.691. The van der Waals surface area contributed by atoms with Crippen molar-refractivity contribution in [2.75, 3.05) is 20.9 Å². The predicted octanol–water partition coefficient (Wildman–Crippen LogP) is 2.71. The third kappa shape index (κ3) is 3.98. The molecule has 20 heavy (non-hydrogen) atoms. The molecule has 2 rings (SSSR count). The second kappa shape index (κ2) is 6.93. The topological polar surface area (TPSA) is 51.1 Å². The Balaban J connectivity index is 1.75. The maximum Gasteiger partial charge on any atom is 0.231 e. The largest absolute Gasteiger partial charge is 0.454 e. The van der Waals surface area contributed by atoms with Gasteiger partial charge in [0.05, 0.1) is 0 Å². The van der Waals surface area contributed by atoms with Crippen molar-refractivity contribution in [3.63, 3.8) is 0 Å². The highest BCUT2D eigenvalue weighted by molar-refractivity contribution is 5.96. The summed E-state index contributed by atoms with van der Waals surface area (Å²) in [6, 6.07) is 5.35. The van der Waals surface area contributed by atoms with Gasteiger partial charge < -0.3 is 14.5 Å². The lowest BCUT2D eigenvalue weighted by Gasteiger charge is -2.03. The van der Waals surface area contributed by atoms with Gasteiger partial charge in [0.25, 0.3) is 0 Å². The van der Waals surface area contributed by atoms with Gasteiger partial charge in [-0.15, -0.1) is 0 Å². The van der Waals surface area contributed by atoms with Gasteiger partial charge in [-0.2, -0.15) is 5.10 Å². The van der Waals surface area contributed by atoms with Crippen LogP contribution in [0.15, 0.2) is 23.3 Å². The van der Waals surface area contributed by atoms with Gasteiger partial charge in [0.1, 0.15) is 0 Å². The molecule has 0 aromatic heterocycles. The Morgan fingerprint density at radius 3 is 2.90 bits per heavy atom. The number of ether oxygens (including phenoxy) is 2. The molecule has 0 saturated carbocycles. The van der Waals surface area contributed by atoms with Crippen molar-refractivity contribution in [2.24, 2.45) is 5.10 Å². The number of nitrogens with zero attached hydrogens (tertiary/aromatic N) is 2. The number of carbonyl (C=O) groups excluding carboxylic acids is 1. The number of unbranched alkanes of at least 4 members (excludes halogenated alkanes) is 2. The second-order valence-corrected chi connectivity index (χ2v) is 4.88. The van der Waals surface area contributed by atoms with E-state index in [1.807, 2.05) is 20.3 Å². The minimum absolute atomic E-state index is 0.146. The average molecular weight is 276 g/mol. The summed E-state index contributed by atoms with van der Waals surface area (Å²) in [7, 11) is 3.78. The molecule has 1 aliphatic rings. The highest BCUT2D eigenvalue weighted by Gasteiger charge is 2.15. The zero-order valence-electron chi connectivity index (χ0n) is 12.0. The molecule has 108 valence electrons. The standard InChI is InChI=1S/C15H20N2O3/c1-17(2)16-9-5-3-4-6-13(18)12-7-8-14-15(10-12)20-11-19-14/h7-10H,3-6,11H2,1-2H3/b16-9-. The van der Waals surface area contributed by atoms with Gasteiger partial charge in [0.2, 0.25) is 6.79 Å². The van der Waals surface area contributed by atoms with Gasteiger partial charge in [-0.05, 0) is 37.5 Å². The van der Waals surface area contributed by atoms with Crippen molar-refractivity contribution in [3.05, 3.63) is 23.8 Å². The molecule has 0 atom stereocenters. The number of hydrogen-bond acceptors (Lipinski definition) is 5. The van der Waals surface area contributed by atoms with E-state index in [1.54, 1.807) is 23.2 Å². The summed E-state index contributed by atoms with van der Waals surface area (Å²) >= 11 is 0. The van der Waals surface area contributed by atoms with Crippen molar-refractivity contribution >= 4 is 12.0 Å². The normalized spacial score (nSPS) is 12.9. The van der Waals surface area contributed by atoms with E-state index < -0.39 is 0 Å². The molecule has 0 saturated heterocycles. The lowest BCUT2D eigenvalue weighted by molar-refractivity contribution is 0.0979. The first-order valence-electron chi connectivity index (χ1n) is 6.79. The fourth-order valence-electron chi connectivity index (χ4n) is 1.96. The smallest absolute Gasteiger partial charge is 0.231 e. The summed E-state index contributed by atoms with van der Waals surface area (Å²) in [6.07, 6.45) is 5.16. The van der Waals surface area contributed by atoms with Crippen molar-refractivity contribution in [1.29, 1.82) is 0 Å². The van der Waals surface area contributed by atoms with Crippen LogP contribution in [0.5, 0.6) is 11.5 Å². The number of benzene rings is 1. The van der Waals surface area contributed by atoms with Crippen molar-refractivity contribution in [2.45, 2.75) is 25.7 Å². The van der Waals surface area contributed by atoms with Gasteiger partial charge in [0, 0.05) is 32.3 Å². The van der Waals surface area contributed by atoms with Crippen LogP contribution in [0.2, 0.25) is 0 Å². The molecule has 0 radical (unpaired) electrons. The molecule has 0 fully saturated rings. The van der Waals surface area contributed by atoms with Crippen LogP contribution in [0.4, 0.5) is 0 Å². The minimum Gasteiger partial charge on any atom is -0.454 e. The molecule has 0 aliphatic carbocycles. The lowest BCUT2D eigenvalue weighted by Crippen LogP contribution is -2.02. The fourth-order valence-corrected chi connectivity index (χ4v) is 1.96. The van der Waals surface area contributed by atoms with E-state index >= 15 is 0 Å². The number of Topliss-reactive ketones (excluding diaryl/α,β-unsaturated/α-hetero) is 1. The molecule has 5 heteroatoms. The number of rotatable bonds is 7. The maximum atomic E-state index is 12.0. The van der Waals surface area contributed by atoms with Crippen molar-refractivity contribution in [1.82, 2.24) is 5.01 Å². The Hall–Kier alpha value is -2.04. The molecule has 1 heterocycles. The molecule has 1 aromatic rings. The highest BCUT2D eigenvalue weighted by atomic mass is 16.7. The quantitative estimate of drug-likeness (QED) is 0.332. The molecule has 0 amide bonds. The Morgan fingerprint density at radius 1 is 1.30 bits per heavy atom. The van der Waals surface area contributed by atoms with Crippen molar-refractivity contribution < 1.29 is 14.3 Å². The number of ketones is 1. The SMILES string of the molecule is CN(C)/N=C\CCCCC(=O)c1ccc2c(c1)OCO2. The number of hydrogen-bond donors (Lipinski definition) is 0. The van der Waals surface area contributed by atoms with E-state index in [0.717, 1.165) is 19.3 Å². The minimum atomic E-state index is 0.146. The Morgan fingerprint density at radius 2 is 2.10 bits per heavy atom. The number of carbonyl (C=O) groups is 1. The second-order valence-electron chi connectivity index (χ2n) is 4.88. The zero-order chi connectivity index (χ0) is 14.4. The van der Waals surface area contributed by atoms with Crippen LogP contribution in [0.25, 0.3) is 0 Å². The van der Waals surface area contributed by atoms with Gasteiger partial charge in [-0.1, -0.05) is 0 Å². The molecule has 0 spiro atoms. The third-order valence-corrected chi connectivity index (χ3v) is 2.99.